The zero-order valence-electron chi connectivity index (χ0n) is 37.6. The number of aliphatic hydroxyl groups is 10. The fourth-order valence-corrected chi connectivity index (χ4v) is 7.97. The summed E-state index contributed by atoms with van der Waals surface area (Å²) in [6, 6.07) is -1.15. The second-order valence-corrected chi connectivity index (χ2v) is 17.6. The minimum absolute atomic E-state index is 0.107. The molecule has 2 bridgehead atoms. The molecule has 19 atom stereocenters. The third-order valence-corrected chi connectivity index (χ3v) is 12.0. The fourth-order valence-electron chi connectivity index (χ4n) is 7.97. The lowest BCUT2D eigenvalue weighted by molar-refractivity contribution is -0.308. The van der Waals surface area contributed by atoms with E-state index in [0.717, 1.165) is 0 Å². The van der Waals surface area contributed by atoms with Gasteiger partial charge in [0.25, 0.3) is 0 Å². The predicted octanol–water partition coefficient (Wildman–Crippen LogP) is 0.712. The second kappa shape index (κ2) is 27.4. The summed E-state index contributed by atoms with van der Waals surface area (Å²) in [6.07, 6.45) is 3.46. The van der Waals surface area contributed by atoms with Gasteiger partial charge in [0.15, 0.2) is 12.1 Å². The van der Waals surface area contributed by atoms with E-state index in [1.54, 1.807) is 80.7 Å². The monoisotopic (exact) mass is 923 g/mol. The van der Waals surface area contributed by atoms with Gasteiger partial charge in [-0.1, -0.05) is 98.9 Å². The van der Waals surface area contributed by atoms with Gasteiger partial charge in [-0.2, -0.15) is 0 Å². The number of aliphatic hydroxyl groups excluding tert-OH is 9. The van der Waals surface area contributed by atoms with E-state index in [1.165, 1.54) is 13.0 Å². The highest BCUT2D eigenvalue weighted by atomic mass is 16.7. The lowest BCUT2D eigenvalue weighted by Gasteiger charge is -2.45. The normalized spacial score (nSPS) is 45.5. The van der Waals surface area contributed by atoms with E-state index in [2.05, 4.69) is 0 Å². The topological polar surface area (TPSA) is 320 Å². The molecule has 0 saturated carbocycles. The highest BCUT2D eigenvalue weighted by Gasteiger charge is 2.51. The summed E-state index contributed by atoms with van der Waals surface area (Å²) in [4.78, 5) is 25.1. The maximum atomic E-state index is 12.6. The number of ether oxygens (including phenoxy) is 4. The molecule has 18 nitrogen and oxygen atoms in total. The summed E-state index contributed by atoms with van der Waals surface area (Å²) in [5.74, 6) is -6.83. The number of cyclic esters (lactones) is 1. The van der Waals surface area contributed by atoms with Crippen molar-refractivity contribution in [2.24, 2.45) is 23.5 Å². The molecule has 0 aromatic heterocycles. The van der Waals surface area contributed by atoms with Crippen molar-refractivity contribution in [1.29, 1.82) is 0 Å². The van der Waals surface area contributed by atoms with Gasteiger partial charge in [-0.25, -0.2) is 0 Å². The van der Waals surface area contributed by atoms with Gasteiger partial charge in [-0.05, 0) is 33.1 Å². The molecule has 2 saturated heterocycles. The molecule has 18 heteroatoms. The number of hydrogen-bond donors (Lipinski definition) is 12. The Kier molecular flexibility index (Phi) is 23.6. The average Bonchev–Trinajstić information content (AvgIpc) is 3.21. The summed E-state index contributed by atoms with van der Waals surface area (Å²) in [7, 11) is 0. The number of nitrogens with two attached hydrogens (primary N) is 1. The van der Waals surface area contributed by atoms with Gasteiger partial charge in [-0.3, -0.25) is 9.59 Å². The first-order valence-corrected chi connectivity index (χ1v) is 22.3. The summed E-state index contributed by atoms with van der Waals surface area (Å²) >= 11 is 0. The van der Waals surface area contributed by atoms with Crippen LogP contribution in [-0.4, -0.2) is 166 Å². The molecule has 0 aromatic rings. The Morgan fingerprint density at radius 1 is 0.662 bits per heavy atom. The van der Waals surface area contributed by atoms with Crippen molar-refractivity contribution in [3.63, 3.8) is 0 Å². The number of fused-ring (bicyclic) bond motifs is 2. The number of carboxylic acid groups (broad SMARTS) is 1. The molecule has 13 N–H and O–H groups in total. The van der Waals surface area contributed by atoms with Gasteiger partial charge in [0, 0.05) is 37.5 Å². The Bertz CT molecular complexity index is 1670. The van der Waals surface area contributed by atoms with Crippen LogP contribution in [0.25, 0.3) is 0 Å². The molecule has 3 aliphatic heterocycles. The second-order valence-electron chi connectivity index (χ2n) is 17.6. The van der Waals surface area contributed by atoms with Crippen LogP contribution < -0.4 is 5.73 Å². The zero-order chi connectivity index (χ0) is 48.4. The zero-order valence-corrected chi connectivity index (χ0v) is 37.6. The molecule has 2 fully saturated rings. The van der Waals surface area contributed by atoms with Crippen LogP contribution in [0.3, 0.4) is 0 Å². The number of carboxylic acids is 1. The first kappa shape index (κ1) is 55.9. The van der Waals surface area contributed by atoms with Gasteiger partial charge in [0.05, 0.1) is 79.6 Å². The Morgan fingerprint density at radius 2 is 1.23 bits per heavy atom. The molecule has 0 amide bonds. The molecule has 368 valence electrons. The highest BCUT2D eigenvalue weighted by Crippen LogP contribution is 2.38. The number of rotatable bonds is 3. The average molecular weight is 924 g/mol. The minimum Gasteiger partial charge on any atom is -0.481 e. The van der Waals surface area contributed by atoms with Crippen LogP contribution in [0.5, 0.6) is 0 Å². The van der Waals surface area contributed by atoms with Crippen molar-refractivity contribution in [3.05, 3.63) is 85.1 Å². The van der Waals surface area contributed by atoms with Crippen LogP contribution in [-0.2, 0) is 28.5 Å². The third-order valence-electron chi connectivity index (χ3n) is 12.0. The maximum Gasteiger partial charge on any atom is 0.311 e. The van der Waals surface area contributed by atoms with Crippen LogP contribution in [0.4, 0.5) is 0 Å². The van der Waals surface area contributed by atoms with E-state index in [-0.39, 0.29) is 31.6 Å². The van der Waals surface area contributed by atoms with Crippen molar-refractivity contribution < 1.29 is 84.7 Å². The van der Waals surface area contributed by atoms with Gasteiger partial charge in [0.2, 0.25) is 0 Å². The lowest BCUT2D eigenvalue weighted by Crippen LogP contribution is -2.61. The van der Waals surface area contributed by atoms with Crippen molar-refractivity contribution in [3.8, 4) is 0 Å². The number of allylic oxidation sites excluding steroid dienone is 12. The third kappa shape index (κ3) is 18.6. The number of aliphatic carboxylic acids is 1. The van der Waals surface area contributed by atoms with Crippen LogP contribution in [0.15, 0.2) is 85.1 Å². The summed E-state index contributed by atoms with van der Waals surface area (Å²) in [5.41, 5.74) is 6.02. The van der Waals surface area contributed by atoms with Crippen molar-refractivity contribution in [2.75, 3.05) is 0 Å². The molecule has 0 aromatic carbocycles. The molecular weight excluding hydrogens is 851 g/mol. The largest absolute Gasteiger partial charge is 0.481 e. The molecule has 6 unspecified atom stereocenters. The molecule has 65 heavy (non-hydrogen) atoms. The molecule has 3 heterocycles. The molecule has 0 aliphatic carbocycles. The first-order valence-electron chi connectivity index (χ1n) is 22.3. The minimum atomic E-state index is -2.33. The Balaban J connectivity index is 1.86. The number of hydrogen-bond acceptors (Lipinski definition) is 17. The van der Waals surface area contributed by atoms with Crippen LogP contribution in [0.2, 0.25) is 0 Å². The first-order chi connectivity index (χ1) is 30.6. The molecule has 0 spiro atoms. The van der Waals surface area contributed by atoms with Gasteiger partial charge in [-0.15, -0.1) is 0 Å². The van der Waals surface area contributed by atoms with E-state index in [4.69, 9.17) is 24.7 Å². The van der Waals surface area contributed by atoms with Gasteiger partial charge < -0.3 is 80.9 Å². The van der Waals surface area contributed by atoms with Crippen LogP contribution in [0, 0.1) is 17.8 Å². The summed E-state index contributed by atoms with van der Waals surface area (Å²) in [6.45, 7) is 6.74. The lowest BCUT2D eigenvalue weighted by atomic mass is 9.82. The SMILES string of the molecule is CC1OC(O[C@H]2/C=C/C=C/C=C/C=C/C=C/C=C/C=C/[C@H](C)[C@@H](O)[C@@H](C)[C@H](C)OC(=O)C[C@H](O)C[C@H](O)CC[C@@H](O)[C@H](O)C[C@H](O)C[C@]3(O)C[C@H](O)[C@@H](C(=O)O)C(C2)O3)C(O)C(N)C1O. The Hall–Kier alpha value is -3.44. The Morgan fingerprint density at radius 3 is 1.82 bits per heavy atom. The standard InChI is InChI=1S/C47H73NO17/c1-27-17-15-13-11-9-7-5-6-8-10-12-14-16-18-34(64-46-44(58)41(48)43(57)30(4)63-46)24-38-40(45(59)60)37(54)26-47(61,65-38)25-33(51)22-36(53)35(52)20-19-31(49)21-32(50)23-39(55)62-29(3)28(2)42(27)56/h5-18,27-38,40-44,46,49-54,56-58,61H,19-26,48H2,1-4H3,(H,59,60)/b6-5+,9-7+,10-8+,13-11+,14-12+,17-15+,18-16+/t27-,28-,29-,30?,31+,32+,33-,34-,35+,36+,37-,38?,40+,41?,42+,43?,44?,46?,47+/m0/s1. The number of carbonyl (C=O) groups excluding carboxylic acids is 1. The van der Waals surface area contributed by atoms with Crippen molar-refractivity contribution in [2.45, 2.75) is 177 Å². The van der Waals surface area contributed by atoms with Crippen LogP contribution >= 0.6 is 0 Å². The Labute approximate surface area is 381 Å². The smallest absolute Gasteiger partial charge is 0.311 e. The van der Waals surface area contributed by atoms with E-state index in [1.807, 2.05) is 19.1 Å². The van der Waals surface area contributed by atoms with Gasteiger partial charge in [0.1, 0.15) is 18.1 Å². The molecule has 0 radical (unpaired) electrons. The fraction of sp³-hybridized carbons (Fsp3) is 0.660. The highest BCUT2D eigenvalue weighted by molar-refractivity contribution is 5.71. The van der Waals surface area contributed by atoms with E-state index in [0.29, 0.717) is 0 Å². The quantitative estimate of drug-likeness (QED) is 0.174. The van der Waals surface area contributed by atoms with E-state index in [9.17, 15) is 65.8 Å². The molecule has 3 rings (SSSR count). The van der Waals surface area contributed by atoms with E-state index < -0.39 is 147 Å². The van der Waals surface area contributed by atoms with Gasteiger partial charge >= 0.3 is 11.9 Å². The number of carbonyl (C=O) groups is 2. The number of esters is 1. The van der Waals surface area contributed by atoms with E-state index >= 15 is 0 Å². The van der Waals surface area contributed by atoms with Crippen LogP contribution in [0.1, 0.15) is 79.1 Å². The summed E-state index contributed by atoms with van der Waals surface area (Å²) < 4.78 is 23.1. The predicted molar refractivity (Wildman–Crippen MR) is 237 cm³/mol. The summed E-state index contributed by atoms with van der Waals surface area (Å²) in [5, 5.41) is 118. The maximum absolute atomic E-state index is 12.6. The van der Waals surface area contributed by atoms with Crippen molar-refractivity contribution in [1.82, 2.24) is 0 Å². The molecule has 3 aliphatic rings. The molecular formula is C47H73NO17. The van der Waals surface area contributed by atoms with Crippen molar-refractivity contribution >= 4 is 11.9 Å².